The number of carbonyl (C=O) groups excluding carboxylic acids is 2. The van der Waals surface area contributed by atoms with Crippen LogP contribution in [0.25, 0.3) is 0 Å². The summed E-state index contributed by atoms with van der Waals surface area (Å²) in [6, 6.07) is 14.8. The van der Waals surface area contributed by atoms with Crippen LogP contribution in [-0.2, 0) is 0 Å². The van der Waals surface area contributed by atoms with Crippen LogP contribution in [0, 0.1) is 5.82 Å². The number of halogens is 1. The lowest BCUT2D eigenvalue weighted by Gasteiger charge is -2.37. The zero-order chi connectivity index (χ0) is 23.1. The highest BCUT2D eigenvalue weighted by Gasteiger charge is 2.25. The Morgan fingerprint density at radius 2 is 1.69 bits per heavy atom. The molecule has 1 atom stereocenters. The zero-order valence-corrected chi connectivity index (χ0v) is 19.2. The number of nitrogens with one attached hydrogen (secondary N) is 1. The van der Waals surface area contributed by atoms with Crippen molar-refractivity contribution in [3.63, 3.8) is 0 Å². The number of rotatable bonds is 8. The van der Waals surface area contributed by atoms with Gasteiger partial charge in [0.1, 0.15) is 5.82 Å². The number of anilines is 1. The molecule has 0 spiro atoms. The summed E-state index contributed by atoms with van der Waals surface area (Å²) in [5.74, 6) is -0.559. The Morgan fingerprint density at radius 3 is 2.25 bits per heavy atom. The predicted octanol–water partition coefficient (Wildman–Crippen LogP) is 3.94. The number of likely N-dealkylation sites (N-methyl/N-ethyl adjacent to an activating group) is 1. The van der Waals surface area contributed by atoms with E-state index in [4.69, 9.17) is 0 Å². The van der Waals surface area contributed by atoms with Gasteiger partial charge in [0.2, 0.25) is 0 Å². The number of carbonyl (C=O) groups is 2. The lowest BCUT2D eigenvalue weighted by atomic mass is 10.1. The third-order valence-corrected chi connectivity index (χ3v) is 6.15. The molecule has 0 aromatic heterocycles. The summed E-state index contributed by atoms with van der Waals surface area (Å²) in [6.45, 7) is 10.1. The van der Waals surface area contributed by atoms with E-state index in [9.17, 15) is 14.0 Å². The fourth-order valence-corrected chi connectivity index (χ4v) is 4.23. The number of amides is 2. The maximum Gasteiger partial charge on any atom is 0.317 e. The van der Waals surface area contributed by atoms with Gasteiger partial charge in [0.25, 0.3) is 0 Å². The largest absolute Gasteiger partial charge is 0.366 e. The Balaban J connectivity index is 1.57. The Bertz CT molecular complexity index is 909. The first-order valence-electron chi connectivity index (χ1n) is 11.3. The molecule has 1 fully saturated rings. The second-order valence-electron chi connectivity index (χ2n) is 8.03. The van der Waals surface area contributed by atoms with Crippen molar-refractivity contribution >= 4 is 17.5 Å². The van der Waals surface area contributed by atoms with E-state index >= 15 is 0 Å². The number of urea groups is 1. The fraction of sp³-hybridized carbons (Fsp3) is 0.440. The average molecular weight is 441 g/mol. The highest BCUT2D eigenvalue weighted by atomic mass is 19.1. The number of nitrogens with zero attached hydrogens (tertiary/aromatic N) is 3. The molecule has 1 heterocycles. The molecular weight excluding hydrogens is 407 g/mol. The molecule has 0 aliphatic carbocycles. The van der Waals surface area contributed by atoms with Gasteiger partial charge >= 0.3 is 6.03 Å². The van der Waals surface area contributed by atoms with Gasteiger partial charge in [-0.3, -0.25) is 9.69 Å². The lowest BCUT2D eigenvalue weighted by molar-refractivity contribution is 0.101. The summed E-state index contributed by atoms with van der Waals surface area (Å²) in [5.41, 5.74) is 2.02. The molecule has 1 aliphatic rings. The number of ketones is 1. The van der Waals surface area contributed by atoms with Gasteiger partial charge in [-0.1, -0.05) is 44.2 Å². The molecule has 6 nitrogen and oxygen atoms in total. The van der Waals surface area contributed by atoms with Crippen LogP contribution in [0.3, 0.4) is 0 Å². The first-order chi connectivity index (χ1) is 15.4. The fourth-order valence-electron chi connectivity index (χ4n) is 4.23. The summed E-state index contributed by atoms with van der Waals surface area (Å²) in [6.07, 6.45) is 0. The lowest BCUT2D eigenvalue weighted by Crippen LogP contribution is -2.53. The third-order valence-electron chi connectivity index (χ3n) is 6.15. The summed E-state index contributed by atoms with van der Waals surface area (Å²) >= 11 is 0. The Kier molecular flexibility index (Phi) is 8.22. The monoisotopic (exact) mass is 440 g/mol. The summed E-state index contributed by atoms with van der Waals surface area (Å²) in [7, 11) is 0. The third kappa shape index (κ3) is 5.65. The van der Waals surface area contributed by atoms with Gasteiger partial charge in [-0.2, -0.15) is 0 Å². The van der Waals surface area contributed by atoms with E-state index in [-0.39, 0.29) is 17.9 Å². The number of benzene rings is 2. The van der Waals surface area contributed by atoms with E-state index in [1.54, 1.807) is 17.0 Å². The second kappa shape index (κ2) is 11.1. The first kappa shape index (κ1) is 23.7. The molecule has 0 saturated carbocycles. The minimum Gasteiger partial charge on any atom is -0.366 e. The molecule has 7 heteroatoms. The van der Waals surface area contributed by atoms with Crippen molar-refractivity contribution < 1.29 is 14.0 Å². The van der Waals surface area contributed by atoms with Crippen molar-refractivity contribution in [2.24, 2.45) is 0 Å². The minimum atomic E-state index is -0.402. The van der Waals surface area contributed by atoms with Crippen LogP contribution in [0.1, 0.15) is 42.7 Å². The van der Waals surface area contributed by atoms with E-state index < -0.39 is 5.82 Å². The Labute approximate surface area is 190 Å². The topological polar surface area (TPSA) is 55.9 Å². The van der Waals surface area contributed by atoms with Gasteiger partial charge < -0.3 is 15.1 Å². The highest BCUT2D eigenvalue weighted by molar-refractivity contribution is 5.94. The quantitative estimate of drug-likeness (QED) is 0.632. The molecule has 0 radical (unpaired) electrons. The number of hydrogen-bond donors (Lipinski definition) is 1. The summed E-state index contributed by atoms with van der Waals surface area (Å²) < 4.78 is 14.5. The van der Waals surface area contributed by atoms with E-state index in [1.807, 2.05) is 23.1 Å². The predicted molar refractivity (Wildman–Crippen MR) is 126 cm³/mol. The first-order valence-corrected chi connectivity index (χ1v) is 11.3. The van der Waals surface area contributed by atoms with Gasteiger partial charge in [-0.15, -0.1) is 0 Å². The Hall–Kier alpha value is -2.93. The van der Waals surface area contributed by atoms with E-state index in [1.165, 1.54) is 18.6 Å². The summed E-state index contributed by atoms with van der Waals surface area (Å²) in [5, 5.41) is 3.10. The van der Waals surface area contributed by atoms with E-state index in [0.29, 0.717) is 44.0 Å². The highest BCUT2D eigenvalue weighted by Crippen LogP contribution is 2.23. The van der Waals surface area contributed by atoms with Crippen molar-refractivity contribution in [3.8, 4) is 0 Å². The van der Waals surface area contributed by atoms with Crippen LogP contribution in [0.15, 0.2) is 48.5 Å². The normalized spacial score (nSPS) is 15.0. The molecule has 1 saturated heterocycles. The number of hydrogen-bond acceptors (Lipinski definition) is 4. The molecule has 32 heavy (non-hydrogen) atoms. The maximum atomic E-state index is 14.5. The molecule has 1 N–H and O–H groups in total. The van der Waals surface area contributed by atoms with Crippen molar-refractivity contribution in [2.45, 2.75) is 26.8 Å². The molecule has 2 aromatic carbocycles. The van der Waals surface area contributed by atoms with Gasteiger partial charge in [-0.05, 0) is 43.8 Å². The maximum absolute atomic E-state index is 14.5. The molecule has 1 aliphatic heterocycles. The smallest absolute Gasteiger partial charge is 0.317 e. The average Bonchev–Trinajstić information content (AvgIpc) is 2.82. The van der Waals surface area contributed by atoms with Crippen LogP contribution < -0.4 is 10.2 Å². The molecule has 3 rings (SSSR count). The van der Waals surface area contributed by atoms with Crippen LogP contribution in [-0.4, -0.2) is 67.4 Å². The van der Waals surface area contributed by atoms with Crippen LogP contribution in [0.5, 0.6) is 0 Å². The standard InChI is InChI=1S/C25H33FN4O2/c1-4-28(5-2)24(20-9-7-6-8-10-20)18-27-25(32)30-15-13-29(14-16-30)23-12-11-21(19(3)31)17-22(23)26/h6-12,17,24H,4-5,13-16,18H2,1-3H3,(H,27,32)/t24-/m0/s1. The molecule has 0 bridgehead atoms. The van der Waals surface area contributed by atoms with Crippen LogP contribution in [0.2, 0.25) is 0 Å². The second-order valence-corrected chi connectivity index (χ2v) is 8.03. The SMILES string of the molecule is CCN(CC)[C@@H](CNC(=O)N1CCN(c2ccc(C(C)=O)cc2F)CC1)c1ccccc1. The van der Waals surface area contributed by atoms with E-state index in [0.717, 1.165) is 13.1 Å². The summed E-state index contributed by atoms with van der Waals surface area (Å²) in [4.78, 5) is 30.3. The van der Waals surface area contributed by atoms with Crippen LogP contribution >= 0.6 is 0 Å². The Morgan fingerprint density at radius 1 is 1.03 bits per heavy atom. The van der Waals surface area contributed by atoms with Gasteiger partial charge in [-0.25, -0.2) is 9.18 Å². The number of Topliss-reactive ketones (excluding diaryl/α,β-unsaturated/α-hetero) is 1. The van der Waals surface area contributed by atoms with Crippen molar-refractivity contribution in [1.82, 2.24) is 15.1 Å². The molecule has 2 amide bonds. The zero-order valence-electron chi connectivity index (χ0n) is 19.2. The molecule has 172 valence electrons. The molecular formula is C25H33FN4O2. The van der Waals surface area contributed by atoms with Crippen molar-refractivity contribution in [3.05, 3.63) is 65.5 Å². The van der Waals surface area contributed by atoms with E-state index in [2.05, 4.69) is 36.2 Å². The number of piperazine rings is 1. The van der Waals surface area contributed by atoms with Gasteiger partial charge in [0.15, 0.2) is 5.78 Å². The molecule has 0 unspecified atom stereocenters. The molecule has 2 aromatic rings. The van der Waals surface area contributed by atoms with Gasteiger partial charge in [0, 0.05) is 38.3 Å². The van der Waals surface area contributed by atoms with Crippen LogP contribution in [0.4, 0.5) is 14.9 Å². The van der Waals surface area contributed by atoms with Gasteiger partial charge in [0.05, 0.1) is 11.7 Å². The van der Waals surface area contributed by atoms with Crippen molar-refractivity contribution in [2.75, 3.05) is 50.7 Å². The minimum absolute atomic E-state index is 0.0925. The van der Waals surface area contributed by atoms with Crippen molar-refractivity contribution in [1.29, 1.82) is 0 Å².